The number of aryl methyl sites for hydroxylation is 1. The van der Waals surface area contributed by atoms with E-state index in [1.807, 2.05) is 13.8 Å². The van der Waals surface area contributed by atoms with Gasteiger partial charge in [-0.2, -0.15) is 0 Å². The van der Waals surface area contributed by atoms with Crippen LogP contribution in [0.3, 0.4) is 0 Å². The molecule has 0 radical (unpaired) electrons. The second-order valence-electron chi connectivity index (χ2n) is 7.59. The lowest BCUT2D eigenvalue weighted by Gasteiger charge is -2.22. The number of carbonyl (C=O) groups excluding carboxylic acids is 1. The summed E-state index contributed by atoms with van der Waals surface area (Å²) >= 11 is 7.18. The fourth-order valence-corrected chi connectivity index (χ4v) is 6.08. The molecule has 176 valence electrons. The Balaban J connectivity index is 2.09. The van der Waals surface area contributed by atoms with Crippen LogP contribution in [0.1, 0.15) is 47.5 Å². The van der Waals surface area contributed by atoms with Crippen LogP contribution < -0.4 is 4.31 Å². The predicted molar refractivity (Wildman–Crippen MR) is 129 cm³/mol. The summed E-state index contributed by atoms with van der Waals surface area (Å²) in [5.41, 5.74) is 1.49. The normalized spacial score (nSPS) is 11.6. The summed E-state index contributed by atoms with van der Waals surface area (Å²) in [6.45, 7) is 7.42. The molecule has 0 aliphatic heterocycles. The fraction of sp³-hybridized carbons (Fsp3) is 0.304. The van der Waals surface area contributed by atoms with E-state index in [9.17, 15) is 17.6 Å². The summed E-state index contributed by atoms with van der Waals surface area (Å²) in [7, 11) is -2.78. The average Bonchev–Trinajstić information content (AvgIpc) is 3.16. The highest BCUT2D eigenvalue weighted by molar-refractivity contribution is 7.92. The molecule has 0 fully saturated rings. The second-order valence-corrected chi connectivity index (χ2v) is 11.1. The van der Waals surface area contributed by atoms with Gasteiger partial charge in [0.25, 0.3) is 10.0 Å². The summed E-state index contributed by atoms with van der Waals surface area (Å²) in [4.78, 5) is 17.5. The van der Waals surface area contributed by atoms with E-state index in [-0.39, 0.29) is 33.8 Å². The van der Waals surface area contributed by atoms with Crippen molar-refractivity contribution in [3.8, 4) is 10.6 Å². The van der Waals surface area contributed by atoms with E-state index in [4.69, 9.17) is 16.3 Å². The number of carbonyl (C=O) groups is 1. The molecule has 3 aromatic rings. The Morgan fingerprint density at radius 1 is 1.24 bits per heavy atom. The molecular weight excluding hydrogens is 487 g/mol. The van der Waals surface area contributed by atoms with Gasteiger partial charge in [-0.05, 0) is 55.7 Å². The summed E-state index contributed by atoms with van der Waals surface area (Å²) in [6, 6.07) is 8.71. The van der Waals surface area contributed by atoms with Crippen LogP contribution in [0, 0.1) is 12.7 Å². The van der Waals surface area contributed by atoms with Crippen LogP contribution in [0.15, 0.2) is 41.3 Å². The van der Waals surface area contributed by atoms with Gasteiger partial charge in [-0.3, -0.25) is 0 Å². The molecule has 0 aliphatic carbocycles. The van der Waals surface area contributed by atoms with Gasteiger partial charge in [0.2, 0.25) is 0 Å². The van der Waals surface area contributed by atoms with E-state index in [2.05, 4.69) is 4.98 Å². The highest BCUT2D eigenvalue weighted by Gasteiger charge is 2.29. The number of hydrogen-bond donors (Lipinski definition) is 0. The number of anilines is 1. The molecule has 6 nitrogen and oxygen atoms in total. The van der Waals surface area contributed by atoms with Crippen LogP contribution in [-0.4, -0.2) is 33.0 Å². The number of nitrogens with zero attached hydrogens (tertiary/aromatic N) is 2. The van der Waals surface area contributed by atoms with Crippen LogP contribution in [0.5, 0.6) is 0 Å². The van der Waals surface area contributed by atoms with E-state index in [0.29, 0.717) is 21.0 Å². The molecule has 2 aromatic carbocycles. The highest BCUT2D eigenvalue weighted by atomic mass is 35.5. The number of ether oxygens (including phenoxy) is 1. The molecule has 33 heavy (non-hydrogen) atoms. The van der Waals surface area contributed by atoms with E-state index < -0.39 is 21.8 Å². The molecule has 0 amide bonds. The lowest BCUT2D eigenvalue weighted by Crippen LogP contribution is -2.31. The smallest absolute Gasteiger partial charge is 0.338 e. The fourth-order valence-electron chi connectivity index (χ4n) is 3.42. The maximum Gasteiger partial charge on any atom is 0.338 e. The largest absolute Gasteiger partial charge is 0.465 e. The Hall–Kier alpha value is -2.49. The van der Waals surface area contributed by atoms with Gasteiger partial charge < -0.3 is 4.74 Å². The molecule has 0 unspecified atom stereocenters. The monoisotopic (exact) mass is 510 g/mol. The number of halogens is 2. The van der Waals surface area contributed by atoms with Gasteiger partial charge in [0.1, 0.15) is 10.8 Å². The Labute approximate surface area is 202 Å². The van der Waals surface area contributed by atoms with Crippen molar-refractivity contribution in [2.24, 2.45) is 0 Å². The Morgan fingerprint density at radius 3 is 2.52 bits per heavy atom. The number of hydrogen-bond acceptors (Lipinski definition) is 6. The summed E-state index contributed by atoms with van der Waals surface area (Å²) in [6.07, 6.45) is 0. The minimum Gasteiger partial charge on any atom is -0.465 e. The van der Waals surface area contributed by atoms with Crippen molar-refractivity contribution in [1.29, 1.82) is 0 Å². The number of aromatic nitrogens is 1. The van der Waals surface area contributed by atoms with Gasteiger partial charge >= 0.3 is 5.97 Å². The maximum absolute atomic E-state index is 13.6. The summed E-state index contributed by atoms with van der Waals surface area (Å²) in [5, 5.41) is 0.478. The predicted octanol–water partition coefficient (Wildman–Crippen LogP) is 6.04. The minimum absolute atomic E-state index is 0.00371. The molecule has 0 atom stereocenters. The number of thiazole rings is 1. The van der Waals surface area contributed by atoms with Crippen LogP contribution >= 0.6 is 22.9 Å². The first-order chi connectivity index (χ1) is 15.5. The zero-order chi connectivity index (χ0) is 24.5. The van der Waals surface area contributed by atoms with Crippen molar-refractivity contribution in [2.45, 2.75) is 38.5 Å². The van der Waals surface area contributed by atoms with Gasteiger partial charge in [-0.1, -0.05) is 31.5 Å². The maximum atomic E-state index is 13.6. The van der Waals surface area contributed by atoms with E-state index in [1.54, 1.807) is 26.0 Å². The van der Waals surface area contributed by atoms with Crippen molar-refractivity contribution in [1.82, 2.24) is 4.98 Å². The molecule has 1 aromatic heterocycles. The van der Waals surface area contributed by atoms with Crippen LogP contribution in [-0.2, 0) is 14.8 Å². The number of methoxy groups -OCH3 is 1. The molecule has 1 heterocycles. The molecule has 0 spiro atoms. The van der Waals surface area contributed by atoms with Crippen molar-refractivity contribution >= 4 is 44.7 Å². The third kappa shape index (κ3) is 4.90. The van der Waals surface area contributed by atoms with Crippen molar-refractivity contribution < 1.29 is 22.3 Å². The SMILES string of the molecule is CCN(c1nc(-c2ccc(F)c(Cl)c2)sc1C)S(=O)(=O)c1ccc(C(C)C)c(C(=O)OC)c1. The third-order valence-corrected chi connectivity index (χ3v) is 8.26. The van der Waals surface area contributed by atoms with Crippen LogP contribution in [0.25, 0.3) is 10.6 Å². The first-order valence-electron chi connectivity index (χ1n) is 10.2. The summed E-state index contributed by atoms with van der Waals surface area (Å²) < 4.78 is 46.7. The highest BCUT2D eigenvalue weighted by Crippen LogP contribution is 2.36. The molecule has 10 heteroatoms. The average molecular weight is 511 g/mol. The first kappa shape index (κ1) is 25.1. The van der Waals surface area contributed by atoms with Gasteiger partial charge in [0.15, 0.2) is 5.82 Å². The van der Waals surface area contributed by atoms with Crippen molar-refractivity contribution in [3.05, 3.63) is 63.2 Å². The van der Waals surface area contributed by atoms with Crippen LogP contribution in [0.4, 0.5) is 10.2 Å². The molecule has 0 bridgehead atoms. The molecule has 0 N–H and O–H groups in total. The molecule has 0 saturated carbocycles. The quantitative estimate of drug-likeness (QED) is 0.362. The molecule has 0 saturated heterocycles. The van der Waals surface area contributed by atoms with Gasteiger partial charge in [-0.15, -0.1) is 11.3 Å². The van der Waals surface area contributed by atoms with Crippen LogP contribution in [0.2, 0.25) is 5.02 Å². The Kier molecular flexibility index (Phi) is 7.45. The number of sulfonamides is 1. The number of rotatable bonds is 7. The van der Waals surface area contributed by atoms with Crippen molar-refractivity contribution in [3.63, 3.8) is 0 Å². The van der Waals surface area contributed by atoms with E-state index in [1.165, 1.54) is 47.0 Å². The topological polar surface area (TPSA) is 76.6 Å². The second kappa shape index (κ2) is 9.79. The lowest BCUT2D eigenvalue weighted by atomic mass is 9.97. The van der Waals surface area contributed by atoms with E-state index >= 15 is 0 Å². The lowest BCUT2D eigenvalue weighted by molar-refractivity contribution is 0.0598. The molecular formula is C23H24ClFN2O4S2. The zero-order valence-corrected chi connectivity index (χ0v) is 21.2. The standard InChI is InChI=1S/C23H24ClFN2O4S2/c1-6-27(21-14(4)32-22(26-21)15-7-10-20(25)19(24)11-15)33(29,30)16-8-9-17(13(2)3)18(12-16)23(28)31-5/h7-13H,6H2,1-5H3. The third-order valence-electron chi connectivity index (χ3n) is 5.10. The molecule has 3 rings (SSSR count). The Morgan fingerprint density at radius 2 is 1.94 bits per heavy atom. The Bertz CT molecular complexity index is 1310. The van der Waals surface area contributed by atoms with E-state index in [0.717, 1.165) is 0 Å². The molecule has 0 aliphatic rings. The summed E-state index contributed by atoms with van der Waals surface area (Å²) in [5.74, 6) is -0.869. The van der Waals surface area contributed by atoms with Gasteiger partial charge in [0.05, 0.1) is 22.6 Å². The minimum atomic E-state index is -4.03. The zero-order valence-electron chi connectivity index (χ0n) is 18.8. The number of benzene rings is 2. The van der Waals surface area contributed by atoms with Gasteiger partial charge in [-0.25, -0.2) is 26.9 Å². The number of esters is 1. The first-order valence-corrected chi connectivity index (χ1v) is 12.8. The van der Waals surface area contributed by atoms with Gasteiger partial charge in [0, 0.05) is 17.0 Å². The van der Waals surface area contributed by atoms with Crippen molar-refractivity contribution in [2.75, 3.05) is 18.0 Å².